The highest BCUT2D eigenvalue weighted by molar-refractivity contribution is 7.11. The van der Waals surface area contributed by atoms with Gasteiger partial charge in [0.1, 0.15) is 4.88 Å². The fourth-order valence-corrected chi connectivity index (χ4v) is 3.98. The maximum atomic E-state index is 12.5. The van der Waals surface area contributed by atoms with Crippen molar-refractivity contribution in [2.75, 3.05) is 13.1 Å². The van der Waals surface area contributed by atoms with Crippen LogP contribution < -0.4 is 0 Å². The van der Waals surface area contributed by atoms with Crippen LogP contribution in [-0.4, -0.2) is 40.0 Å². The van der Waals surface area contributed by atoms with Crippen LogP contribution in [0.5, 0.6) is 0 Å². The molecule has 1 aromatic heterocycles. The van der Waals surface area contributed by atoms with Crippen molar-refractivity contribution >= 4 is 23.2 Å². The van der Waals surface area contributed by atoms with E-state index in [1.807, 2.05) is 24.0 Å². The smallest absolute Gasteiger partial charge is 0.335 e. The number of hydrogen-bond donors (Lipinski definition) is 1. The van der Waals surface area contributed by atoms with Crippen LogP contribution in [0.25, 0.3) is 0 Å². The Morgan fingerprint density at radius 2 is 2.00 bits per heavy atom. The van der Waals surface area contributed by atoms with Crippen molar-refractivity contribution in [3.05, 3.63) is 51.5 Å². The standard InChI is InChI=1S/C18H20N2O3S/c1-12-16(24-11-19-12)17(21)20-8-6-13(7-9-20)10-14-4-2-3-5-15(14)18(22)23/h2-5,11,13H,6-10H2,1H3,(H,22,23). The summed E-state index contributed by atoms with van der Waals surface area (Å²) in [6.07, 6.45) is 2.55. The van der Waals surface area contributed by atoms with Crippen LogP contribution in [0, 0.1) is 12.8 Å². The summed E-state index contributed by atoms with van der Waals surface area (Å²) in [5.41, 5.74) is 3.77. The highest BCUT2D eigenvalue weighted by Gasteiger charge is 2.26. The monoisotopic (exact) mass is 344 g/mol. The minimum Gasteiger partial charge on any atom is -0.478 e. The van der Waals surface area contributed by atoms with E-state index in [-0.39, 0.29) is 5.91 Å². The lowest BCUT2D eigenvalue weighted by molar-refractivity contribution is 0.0694. The van der Waals surface area contributed by atoms with Gasteiger partial charge < -0.3 is 10.0 Å². The van der Waals surface area contributed by atoms with Gasteiger partial charge in [-0.25, -0.2) is 9.78 Å². The molecule has 1 aliphatic rings. The van der Waals surface area contributed by atoms with E-state index in [1.165, 1.54) is 11.3 Å². The molecule has 0 spiro atoms. The summed E-state index contributed by atoms with van der Waals surface area (Å²) < 4.78 is 0. The fraction of sp³-hybridized carbons (Fsp3) is 0.389. The van der Waals surface area contributed by atoms with E-state index in [0.717, 1.165) is 48.5 Å². The second-order valence-corrected chi connectivity index (χ2v) is 7.02. The van der Waals surface area contributed by atoms with Crippen LogP contribution in [0.3, 0.4) is 0 Å². The first-order valence-corrected chi connectivity index (χ1v) is 8.94. The number of carboxylic acid groups (broad SMARTS) is 1. The number of piperidine rings is 1. The number of nitrogens with zero attached hydrogens (tertiary/aromatic N) is 2. The lowest BCUT2D eigenvalue weighted by Gasteiger charge is -2.32. The molecule has 0 radical (unpaired) electrons. The fourth-order valence-electron chi connectivity index (χ4n) is 3.21. The molecule has 2 heterocycles. The van der Waals surface area contributed by atoms with Gasteiger partial charge in [-0.15, -0.1) is 11.3 Å². The van der Waals surface area contributed by atoms with Gasteiger partial charge in [0.2, 0.25) is 0 Å². The number of rotatable bonds is 4. The second kappa shape index (κ2) is 7.13. The molecule has 24 heavy (non-hydrogen) atoms. The lowest BCUT2D eigenvalue weighted by Crippen LogP contribution is -2.38. The highest BCUT2D eigenvalue weighted by atomic mass is 32.1. The van der Waals surface area contributed by atoms with E-state index in [0.29, 0.717) is 11.5 Å². The Hall–Kier alpha value is -2.21. The van der Waals surface area contributed by atoms with Crippen molar-refractivity contribution in [2.45, 2.75) is 26.2 Å². The Kier molecular flexibility index (Phi) is 4.94. The van der Waals surface area contributed by atoms with Crippen LogP contribution >= 0.6 is 11.3 Å². The molecule has 1 amide bonds. The number of hydrogen-bond acceptors (Lipinski definition) is 4. The number of aryl methyl sites for hydroxylation is 1. The Morgan fingerprint density at radius 3 is 2.62 bits per heavy atom. The summed E-state index contributed by atoms with van der Waals surface area (Å²) in [5.74, 6) is -0.393. The third kappa shape index (κ3) is 3.48. The van der Waals surface area contributed by atoms with Crippen LogP contribution in [0.1, 0.15) is 44.1 Å². The quantitative estimate of drug-likeness (QED) is 0.924. The molecule has 1 aromatic carbocycles. The first-order valence-electron chi connectivity index (χ1n) is 8.07. The topological polar surface area (TPSA) is 70.5 Å². The van der Waals surface area contributed by atoms with E-state index in [2.05, 4.69) is 4.98 Å². The minimum absolute atomic E-state index is 0.0689. The summed E-state index contributed by atoms with van der Waals surface area (Å²) >= 11 is 1.39. The molecule has 5 nitrogen and oxygen atoms in total. The summed E-state index contributed by atoms with van der Waals surface area (Å²) in [5, 5.41) is 9.28. The van der Waals surface area contributed by atoms with E-state index >= 15 is 0 Å². The zero-order valence-electron chi connectivity index (χ0n) is 13.6. The number of aromatic nitrogens is 1. The SMILES string of the molecule is Cc1ncsc1C(=O)N1CCC(Cc2ccccc2C(=O)O)CC1. The molecule has 6 heteroatoms. The molecule has 0 unspecified atom stereocenters. The van der Waals surface area contributed by atoms with Gasteiger partial charge in [0, 0.05) is 13.1 Å². The van der Waals surface area contributed by atoms with Crippen molar-refractivity contribution in [1.29, 1.82) is 0 Å². The molecule has 1 fully saturated rings. The molecular weight excluding hydrogens is 324 g/mol. The van der Waals surface area contributed by atoms with Gasteiger partial charge in [0.25, 0.3) is 5.91 Å². The molecule has 1 saturated heterocycles. The zero-order chi connectivity index (χ0) is 17.1. The van der Waals surface area contributed by atoms with Crippen molar-refractivity contribution in [1.82, 2.24) is 9.88 Å². The maximum Gasteiger partial charge on any atom is 0.335 e. The molecule has 0 bridgehead atoms. The highest BCUT2D eigenvalue weighted by Crippen LogP contribution is 2.25. The predicted octanol–water partition coefficient (Wildman–Crippen LogP) is 3.24. The largest absolute Gasteiger partial charge is 0.478 e. The Balaban J connectivity index is 1.61. The summed E-state index contributed by atoms with van der Waals surface area (Å²) in [7, 11) is 0. The summed E-state index contributed by atoms with van der Waals surface area (Å²) in [6.45, 7) is 3.30. The molecular formula is C18H20N2O3S. The van der Waals surface area contributed by atoms with E-state index in [1.54, 1.807) is 17.6 Å². The molecule has 126 valence electrons. The average Bonchev–Trinajstić information content (AvgIpc) is 3.01. The van der Waals surface area contributed by atoms with E-state index in [9.17, 15) is 14.7 Å². The normalized spacial score (nSPS) is 15.5. The Morgan fingerprint density at radius 1 is 1.29 bits per heavy atom. The average molecular weight is 344 g/mol. The van der Waals surface area contributed by atoms with Crippen LogP contribution in [0.15, 0.2) is 29.8 Å². The van der Waals surface area contributed by atoms with Gasteiger partial charge in [-0.05, 0) is 43.7 Å². The number of carbonyl (C=O) groups excluding carboxylic acids is 1. The molecule has 2 aromatic rings. The zero-order valence-corrected chi connectivity index (χ0v) is 14.4. The van der Waals surface area contributed by atoms with E-state index in [4.69, 9.17) is 0 Å². The van der Waals surface area contributed by atoms with Crippen molar-refractivity contribution in [3.8, 4) is 0 Å². The number of likely N-dealkylation sites (tertiary alicyclic amines) is 1. The lowest BCUT2D eigenvalue weighted by atomic mass is 9.88. The van der Waals surface area contributed by atoms with Crippen molar-refractivity contribution < 1.29 is 14.7 Å². The van der Waals surface area contributed by atoms with E-state index < -0.39 is 5.97 Å². The third-order valence-electron chi connectivity index (χ3n) is 4.60. The Labute approximate surface area is 145 Å². The number of aromatic carboxylic acids is 1. The number of benzene rings is 1. The molecule has 1 N–H and O–H groups in total. The molecule has 0 aliphatic carbocycles. The maximum absolute atomic E-state index is 12.5. The van der Waals surface area contributed by atoms with Crippen LogP contribution in [-0.2, 0) is 6.42 Å². The first kappa shape index (κ1) is 16.6. The summed E-state index contributed by atoms with van der Waals surface area (Å²) in [6, 6.07) is 7.18. The molecule has 1 aliphatic heterocycles. The third-order valence-corrected chi connectivity index (χ3v) is 5.51. The van der Waals surface area contributed by atoms with Gasteiger partial charge in [-0.3, -0.25) is 4.79 Å². The number of amides is 1. The second-order valence-electron chi connectivity index (χ2n) is 6.17. The first-order chi connectivity index (χ1) is 11.6. The molecule has 3 rings (SSSR count). The van der Waals surface area contributed by atoms with Crippen LogP contribution in [0.4, 0.5) is 0 Å². The van der Waals surface area contributed by atoms with Gasteiger partial charge in [0.15, 0.2) is 0 Å². The van der Waals surface area contributed by atoms with Crippen molar-refractivity contribution in [3.63, 3.8) is 0 Å². The van der Waals surface area contributed by atoms with Crippen molar-refractivity contribution in [2.24, 2.45) is 5.92 Å². The summed E-state index contributed by atoms with van der Waals surface area (Å²) in [4.78, 5) is 30.6. The predicted molar refractivity (Wildman–Crippen MR) is 92.6 cm³/mol. The Bertz CT molecular complexity index is 748. The van der Waals surface area contributed by atoms with Crippen LogP contribution in [0.2, 0.25) is 0 Å². The number of carboxylic acids is 1. The van der Waals surface area contributed by atoms with Gasteiger partial charge in [0.05, 0.1) is 16.8 Å². The number of carbonyl (C=O) groups is 2. The van der Waals surface area contributed by atoms with Gasteiger partial charge >= 0.3 is 5.97 Å². The van der Waals surface area contributed by atoms with Gasteiger partial charge in [-0.1, -0.05) is 18.2 Å². The minimum atomic E-state index is -0.876. The molecule has 0 saturated carbocycles. The van der Waals surface area contributed by atoms with Gasteiger partial charge in [-0.2, -0.15) is 0 Å². The molecule has 0 atom stereocenters. The number of thiazole rings is 1.